The van der Waals surface area contributed by atoms with Crippen molar-refractivity contribution in [3.8, 4) is 0 Å². The van der Waals surface area contributed by atoms with Crippen LogP contribution in [0.2, 0.25) is 0 Å². The van der Waals surface area contributed by atoms with E-state index in [1.807, 2.05) is 68.6 Å². The van der Waals surface area contributed by atoms with Crippen molar-refractivity contribution in [2.75, 3.05) is 24.6 Å². The number of nitrogens with zero attached hydrogens (tertiary/aromatic N) is 1. The van der Waals surface area contributed by atoms with Crippen LogP contribution in [0.4, 0.5) is 0 Å². The van der Waals surface area contributed by atoms with E-state index >= 15 is 0 Å². The molecule has 5 nitrogen and oxygen atoms in total. The molecular weight excluding hydrogens is 448 g/mol. The van der Waals surface area contributed by atoms with Crippen molar-refractivity contribution in [3.05, 3.63) is 65.2 Å². The number of thioether (sulfide) groups is 2. The van der Waals surface area contributed by atoms with E-state index < -0.39 is 10.0 Å². The molecule has 0 unspecified atom stereocenters. The Balaban J connectivity index is 1.64. The minimum atomic E-state index is -3.48. The van der Waals surface area contributed by atoms with Gasteiger partial charge in [-0.2, -0.15) is 4.31 Å². The van der Waals surface area contributed by atoms with Crippen molar-refractivity contribution in [2.45, 2.75) is 42.7 Å². The highest BCUT2D eigenvalue weighted by molar-refractivity contribution is 8.16. The van der Waals surface area contributed by atoms with Crippen molar-refractivity contribution < 1.29 is 13.2 Å². The van der Waals surface area contributed by atoms with Crippen molar-refractivity contribution >= 4 is 39.5 Å². The molecule has 0 saturated carbocycles. The number of sulfonamides is 1. The van der Waals surface area contributed by atoms with Crippen molar-refractivity contribution in [1.82, 2.24) is 9.62 Å². The zero-order chi connectivity index (χ0) is 22.4. The maximum absolute atomic E-state index is 12.7. The van der Waals surface area contributed by atoms with Gasteiger partial charge in [0.1, 0.15) is 0 Å². The Morgan fingerprint density at radius 2 is 1.61 bits per heavy atom. The molecule has 0 bridgehead atoms. The third kappa shape index (κ3) is 5.86. The first kappa shape index (κ1) is 24.2. The molecule has 2 aromatic rings. The van der Waals surface area contributed by atoms with Gasteiger partial charge in [0.25, 0.3) is 5.91 Å². The molecule has 0 aromatic heterocycles. The van der Waals surface area contributed by atoms with Gasteiger partial charge >= 0.3 is 0 Å². The maximum Gasteiger partial charge on any atom is 0.251 e. The highest BCUT2D eigenvalue weighted by Gasteiger charge is 2.22. The molecule has 1 aliphatic rings. The number of rotatable bonds is 8. The standard InChI is InChI=1S/C23H30N2O3S3/c1-4-25(5-2)31(27,28)21-13-11-18(12-14-21)17(3)24-22(26)19-7-9-20(10-8-19)23-29-15-6-16-30-23/h7-14,17,23H,4-6,15-16H2,1-3H3,(H,24,26)/t17-/m1/s1. The topological polar surface area (TPSA) is 66.5 Å². The number of hydrogen-bond acceptors (Lipinski definition) is 5. The fourth-order valence-electron chi connectivity index (χ4n) is 3.48. The van der Waals surface area contributed by atoms with Crippen LogP contribution in [-0.2, 0) is 10.0 Å². The molecule has 3 rings (SSSR count). The van der Waals surface area contributed by atoms with Crippen LogP contribution in [0.5, 0.6) is 0 Å². The van der Waals surface area contributed by atoms with Crippen molar-refractivity contribution in [3.63, 3.8) is 0 Å². The molecule has 1 saturated heterocycles. The number of nitrogens with one attached hydrogen (secondary N) is 1. The molecule has 1 N–H and O–H groups in total. The molecule has 0 radical (unpaired) electrons. The largest absolute Gasteiger partial charge is 0.346 e. The minimum absolute atomic E-state index is 0.136. The van der Waals surface area contributed by atoms with Gasteiger partial charge in [0.15, 0.2) is 0 Å². The first-order valence-corrected chi connectivity index (χ1v) is 14.1. The quantitative estimate of drug-likeness (QED) is 0.573. The average Bonchev–Trinajstić information content (AvgIpc) is 2.80. The van der Waals surface area contributed by atoms with Crippen molar-refractivity contribution in [1.29, 1.82) is 0 Å². The van der Waals surface area contributed by atoms with E-state index in [4.69, 9.17) is 0 Å². The SMILES string of the molecule is CCN(CC)S(=O)(=O)c1ccc([C@@H](C)NC(=O)c2ccc(C3SCCCS3)cc2)cc1. The Morgan fingerprint density at radius 1 is 1.03 bits per heavy atom. The van der Waals surface area contributed by atoms with Crippen LogP contribution < -0.4 is 5.32 Å². The second kappa shape index (κ2) is 10.9. The fourth-order valence-corrected chi connectivity index (χ4v) is 7.83. The van der Waals surface area contributed by atoms with E-state index in [9.17, 15) is 13.2 Å². The summed E-state index contributed by atoms with van der Waals surface area (Å²) in [6.07, 6.45) is 1.26. The predicted molar refractivity (Wildman–Crippen MR) is 131 cm³/mol. The van der Waals surface area contributed by atoms with Gasteiger partial charge in [-0.25, -0.2) is 8.42 Å². The molecule has 0 spiro atoms. The van der Waals surface area contributed by atoms with Crippen molar-refractivity contribution in [2.24, 2.45) is 0 Å². The molecule has 31 heavy (non-hydrogen) atoms. The third-order valence-electron chi connectivity index (χ3n) is 5.34. The summed E-state index contributed by atoms with van der Waals surface area (Å²) in [7, 11) is -3.48. The molecular formula is C23H30N2O3S3. The summed E-state index contributed by atoms with van der Waals surface area (Å²) in [4.78, 5) is 13.0. The molecule has 0 aliphatic carbocycles. The lowest BCUT2D eigenvalue weighted by Gasteiger charge is -2.21. The Morgan fingerprint density at radius 3 is 2.16 bits per heavy atom. The normalized spacial score (nSPS) is 16.3. The second-order valence-electron chi connectivity index (χ2n) is 7.40. The average molecular weight is 479 g/mol. The lowest BCUT2D eigenvalue weighted by Crippen LogP contribution is -2.30. The summed E-state index contributed by atoms with van der Waals surface area (Å²) in [5.41, 5.74) is 2.74. The second-order valence-corrected chi connectivity index (χ2v) is 12.1. The summed E-state index contributed by atoms with van der Waals surface area (Å²) in [5.74, 6) is 2.24. The van der Waals surface area contributed by atoms with Crippen LogP contribution in [0, 0.1) is 0 Å². The Bertz CT molecular complexity index is 966. The van der Waals surface area contributed by atoms with Gasteiger partial charge in [-0.1, -0.05) is 38.1 Å². The predicted octanol–water partition coefficient (Wildman–Crippen LogP) is 5.08. The first-order valence-electron chi connectivity index (χ1n) is 10.6. The van der Waals surface area contributed by atoms with E-state index in [-0.39, 0.29) is 16.8 Å². The summed E-state index contributed by atoms with van der Waals surface area (Å²) in [6, 6.07) is 14.4. The minimum Gasteiger partial charge on any atom is -0.346 e. The van der Waals surface area contributed by atoms with Crippen LogP contribution in [0.25, 0.3) is 0 Å². The number of amides is 1. The third-order valence-corrected chi connectivity index (χ3v) is 10.4. The van der Waals surface area contributed by atoms with E-state index in [0.717, 1.165) is 5.56 Å². The monoisotopic (exact) mass is 478 g/mol. The lowest BCUT2D eigenvalue weighted by molar-refractivity contribution is 0.0940. The van der Waals surface area contributed by atoms with Gasteiger partial charge < -0.3 is 5.32 Å². The summed E-state index contributed by atoms with van der Waals surface area (Å²) in [6.45, 7) is 6.42. The lowest BCUT2D eigenvalue weighted by atomic mass is 10.1. The van der Waals surface area contributed by atoms with Crippen LogP contribution >= 0.6 is 23.5 Å². The maximum atomic E-state index is 12.7. The number of hydrogen-bond donors (Lipinski definition) is 1. The van der Waals surface area contributed by atoms with Crippen LogP contribution in [0.1, 0.15) is 59.3 Å². The molecule has 1 aliphatic heterocycles. The zero-order valence-electron chi connectivity index (χ0n) is 18.2. The van der Waals surface area contributed by atoms with Crippen LogP contribution in [0.3, 0.4) is 0 Å². The number of carbonyl (C=O) groups is 1. The van der Waals surface area contributed by atoms with Crippen LogP contribution in [-0.4, -0.2) is 43.2 Å². The molecule has 1 atom stereocenters. The molecule has 8 heteroatoms. The van der Waals surface area contributed by atoms with E-state index in [2.05, 4.69) is 5.32 Å². The van der Waals surface area contributed by atoms with Gasteiger partial charge in [0.2, 0.25) is 10.0 Å². The summed E-state index contributed by atoms with van der Waals surface area (Å²) >= 11 is 3.92. The van der Waals surface area contributed by atoms with Gasteiger partial charge in [0, 0.05) is 18.7 Å². The molecule has 1 amide bonds. The summed E-state index contributed by atoms with van der Waals surface area (Å²) in [5, 5.41) is 3.01. The van der Waals surface area contributed by atoms with E-state index in [1.54, 1.807) is 24.3 Å². The molecule has 168 valence electrons. The van der Waals surface area contributed by atoms with Gasteiger partial charge in [-0.15, -0.1) is 23.5 Å². The summed E-state index contributed by atoms with van der Waals surface area (Å²) < 4.78 is 27.2. The van der Waals surface area contributed by atoms with Gasteiger partial charge in [0.05, 0.1) is 15.5 Å². The highest BCUT2D eigenvalue weighted by atomic mass is 32.2. The van der Waals surface area contributed by atoms with Gasteiger partial charge in [-0.05, 0) is 60.2 Å². The molecule has 2 aromatic carbocycles. The zero-order valence-corrected chi connectivity index (χ0v) is 20.7. The van der Waals surface area contributed by atoms with E-state index in [1.165, 1.54) is 27.8 Å². The smallest absolute Gasteiger partial charge is 0.251 e. The number of carbonyl (C=O) groups excluding carboxylic acids is 1. The van der Waals surface area contributed by atoms with Gasteiger partial charge in [-0.3, -0.25) is 4.79 Å². The fraction of sp³-hybridized carbons (Fsp3) is 0.435. The molecule has 1 fully saturated rings. The Kier molecular flexibility index (Phi) is 8.50. The first-order chi connectivity index (χ1) is 14.9. The van der Waals surface area contributed by atoms with E-state index in [0.29, 0.717) is 23.2 Å². The van der Waals surface area contributed by atoms with Crippen LogP contribution in [0.15, 0.2) is 53.4 Å². The highest BCUT2D eigenvalue weighted by Crippen LogP contribution is 2.43. The number of benzene rings is 2. The Hall–Kier alpha value is -1.48. The molecule has 1 heterocycles. The Labute approximate surface area is 194 Å².